The van der Waals surface area contributed by atoms with Crippen molar-refractivity contribution < 1.29 is 14.4 Å². The fourth-order valence-corrected chi connectivity index (χ4v) is 3.85. The third kappa shape index (κ3) is 4.07. The molecule has 0 aliphatic carbocycles. The number of urea groups is 1. The summed E-state index contributed by atoms with van der Waals surface area (Å²) >= 11 is 0. The van der Waals surface area contributed by atoms with Gasteiger partial charge in [0.2, 0.25) is 11.8 Å². The summed E-state index contributed by atoms with van der Waals surface area (Å²) in [7, 11) is 3.37. The van der Waals surface area contributed by atoms with E-state index in [-0.39, 0.29) is 36.3 Å². The maximum Gasteiger partial charge on any atom is 0.321 e. The Morgan fingerprint density at radius 3 is 2.59 bits per heavy atom. The molecule has 4 rings (SSSR count). The molecule has 1 aromatic rings. The summed E-state index contributed by atoms with van der Waals surface area (Å²) in [5.41, 5.74) is 2.94. The average molecular weight is 372 g/mol. The number of rotatable bonds is 3. The maximum atomic E-state index is 12.8. The molecule has 0 saturated carbocycles. The summed E-state index contributed by atoms with van der Waals surface area (Å²) in [6.45, 7) is 4.92. The highest BCUT2D eigenvalue weighted by Crippen LogP contribution is 2.29. The Bertz CT molecular complexity index is 762. The van der Waals surface area contributed by atoms with Gasteiger partial charge in [-0.3, -0.25) is 9.59 Å². The molecule has 1 aromatic carbocycles. The fourth-order valence-electron chi connectivity index (χ4n) is 3.85. The summed E-state index contributed by atoms with van der Waals surface area (Å²) in [5, 5.41) is 2.97. The van der Waals surface area contributed by atoms with E-state index in [2.05, 4.69) is 5.32 Å². The first kappa shape index (κ1) is 19.2. The molecule has 3 aliphatic heterocycles. The van der Waals surface area contributed by atoms with Gasteiger partial charge in [0, 0.05) is 38.9 Å². The molecule has 3 saturated heterocycles. The zero-order chi connectivity index (χ0) is 19.7. The van der Waals surface area contributed by atoms with E-state index in [0.717, 1.165) is 29.7 Å². The van der Waals surface area contributed by atoms with E-state index in [9.17, 15) is 14.4 Å². The Balaban J connectivity index is 1.73. The first-order chi connectivity index (χ1) is 12.8. The highest BCUT2D eigenvalue weighted by atomic mass is 16.2. The number of carbonyl (C=O) groups is 3. The van der Waals surface area contributed by atoms with Crippen LogP contribution in [0.25, 0.3) is 0 Å². The highest BCUT2D eigenvalue weighted by molar-refractivity contribution is 5.92. The molecular formula is C20H28N4O3. The van der Waals surface area contributed by atoms with E-state index in [1.54, 1.807) is 23.9 Å². The summed E-state index contributed by atoms with van der Waals surface area (Å²) in [5.74, 6) is -0.339. The normalized spacial score (nSPS) is 21.9. The summed E-state index contributed by atoms with van der Waals surface area (Å²) in [6, 6.07) is 5.60. The van der Waals surface area contributed by atoms with Gasteiger partial charge in [-0.25, -0.2) is 4.79 Å². The van der Waals surface area contributed by atoms with Crippen LogP contribution < -0.4 is 5.32 Å². The third-order valence-corrected chi connectivity index (χ3v) is 5.51. The van der Waals surface area contributed by atoms with Crippen LogP contribution in [0.2, 0.25) is 0 Å². The number of hydrogen-bond donors (Lipinski definition) is 1. The summed E-state index contributed by atoms with van der Waals surface area (Å²) in [4.78, 5) is 42.6. The molecule has 4 amide bonds. The van der Waals surface area contributed by atoms with Crippen molar-refractivity contribution in [3.63, 3.8) is 0 Å². The van der Waals surface area contributed by atoms with Gasteiger partial charge in [-0.2, -0.15) is 0 Å². The Hall–Kier alpha value is -2.57. The maximum absolute atomic E-state index is 12.8. The summed E-state index contributed by atoms with van der Waals surface area (Å²) < 4.78 is 0. The number of piperidine rings is 1. The predicted octanol–water partition coefficient (Wildman–Crippen LogP) is 1.85. The van der Waals surface area contributed by atoms with Gasteiger partial charge in [-0.05, 0) is 38.3 Å². The molecule has 0 radical (unpaired) electrons. The van der Waals surface area contributed by atoms with Gasteiger partial charge < -0.3 is 20.0 Å². The number of amides is 4. The Labute approximate surface area is 160 Å². The molecule has 27 heavy (non-hydrogen) atoms. The van der Waals surface area contributed by atoms with Gasteiger partial charge in [0.25, 0.3) is 0 Å². The standard InChI is InChI=1S/C20H28N4O3/c1-13-5-8-17(14(2)9-13)21-20(27)23-10-15-6-7-16(11-23)24(19(15)26)12-18(25)22(3)4/h5,8-9,15-16H,6-7,10-12H2,1-4H3,(H,21,27)/t15-,16+/m1/s1. The number of aryl methyl sites for hydroxylation is 2. The Morgan fingerprint density at radius 1 is 1.19 bits per heavy atom. The van der Waals surface area contributed by atoms with Gasteiger partial charge in [-0.15, -0.1) is 0 Å². The zero-order valence-corrected chi connectivity index (χ0v) is 16.5. The minimum Gasteiger partial charge on any atom is -0.347 e. The van der Waals surface area contributed by atoms with Crippen molar-refractivity contribution in [3.05, 3.63) is 29.3 Å². The van der Waals surface area contributed by atoms with Crippen LogP contribution in [-0.2, 0) is 9.59 Å². The van der Waals surface area contributed by atoms with Crippen LogP contribution >= 0.6 is 0 Å². The monoisotopic (exact) mass is 372 g/mol. The number of nitrogens with zero attached hydrogens (tertiary/aromatic N) is 3. The Kier molecular flexibility index (Phi) is 5.39. The number of carbonyl (C=O) groups excluding carboxylic acids is 3. The molecule has 3 fully saturated rings. The highest BCUT2D eigenvalue weighted by Gasteiger charge is 2.42. The van der Waals surface area contributed by atoms with Crippen molar-refractivity contribution in [2.24, 2.45) is 5.92 Å². The van der Waals surface area contributed by atoms with Crippen molar-refractivity contribution in [2.75, 3.05) is 39.0 Å². The van der Waals surface area contributed by atoms with Crippen LogP contribution in [0.5, 0.6) is 0 Å². The average Bonchev–Trinajstić information content (AvgIpc) is 2.90. The second-order valence-electron chi connectivity index (χ2n) is 7.84. The van der Waals surface area contributed by atoms with Crippen LogP contribution in [0.3, 0.4) is 0 Å². The van der Waals surface area contributed by atoms with Crippen LogP contribution in [0.15, 0.2) is 18.2 Å². The summed E-state index contributed by atoms with van der Waals surface area (Å²) in [6.07, 6.45) is 1.59. The molecule has 146 valence electrons. The van der Waals surface area contributed by atoms with Crippen molar-refractivity contribution in [1.82, 2.24) is 14.7 Å². The molecule has 3 aliphatic rings. The lowest BCUT2D eigenvalue weighted by Crippen LogP contribution is -2.51. The minimum absolute atomic E-state index is 0.0109. The molecule has 1 N–H and O–H groups in total. The zero-order valence-electron chi connectivity index (χ0n) is 16.5. The van der Waals surface area contributed by atoms with Gasteiger partial charge in [0.15, 0.2) is 0 Å². The number of fused-ring (bicyclic) bond motifs is 4. The van der Waals surface area contributed by atoms with Crippen molar-refractivity contribution in [2.45, 2.75) is 32.7 Å². The van der Waals surface area contributed by atoms with Crippen molar-refractivity contribution in [3.8, 4) is 0 Å². The number of anilines is 1. The molecule has 2 atom stereocenters. The van der Waals surface area contributed by atoms with E-state index < -0.39 is 0 Å². The van der Waals surface area contributed by atoms with E-state index in [1.807, 2.05) is 32.0 Å². The van der Waals surface area contributed by atoms with Crippen LogP contribution in [0, 0.1) is 19.8 Å². The van der Waals surface area contributed by atoms with E-state index in [0.29, 0.717) is 13.1 Å². The lowest BCUT2D eigenvalue weighted by molar-refractivity contribution is -0.145. The van der Waals surface area contributed by atoms with Gasteiger partial charge in [0.05, 0.1) is 5.92 Å². The molecule has 2 bridgehead atoms. The minimum atomic E-state index is -0.233. The van der Waals surface area contributed by atoms with Gasteiger partial charge in [0.1, 0.15) is 6.54 Å². The van der Waals surface area contributed by atoms with Crippen LogP contribution in [0.1, 0.15) is 24.0 Å². The van der Waals surface area contributed by atoms with E-state index in [4.69, 9.17) is 0 Å². The number of hydrogen-bond acceptors (Lipinski definition) is 3. The molecule has 3 heterocycles. The molecule has 7 heteroatoms. The van der Waals surface area contributed by atoms with E-state index in [1.165, 1.54) is 4.90 Å². The van der Waals surface area contributed by atoms with Crippen molar-refractivity contribution in [1.29, 1.82) is 0 Å². The van der Waals surface area contributed by atoms with Crippen LogP contribution in [0.4, 0.5) is 10.5 Å². The smallest absolute Gasteiger partial charge is 0.321 e. The lowest BCUT2D eigenvalue weighted by atomic mass is 9.94. The largest absolute Gasteiger partial charge is 0.347 e. The fraction of sp³-hybridized carbons (Fsp3) is 0.550. The predicted molar refractivity (Wildman–Crippen MR) is 103 cm³/mol. The molecular weight excluding hydrogens is 344 g/mol. The second kappa shape index (κ2) is 7.58. The first-order valence-corrected chi connectivity index (χ1v) is 9.40. The topological polar surface area (TPSA) is 73.0 Å². The SMILES string of the molecule is Cc1ccc(NC(=O)N2C[C@H]3CC[C@@H](C2)N(CC(=O)N(C)C)C3=O)c(C)c1. The molecule has 0 aromatic heterocycles. The van der Waals surface area contributed by atoms with Gasteiger partial charge >= 0.3 is 6.03 Å². The third-order valence-electron chi connectivity index (χ3n) is 5.51. The molecule has 0 unspecified atom stereocenters. The number of nitrogens with one attached hydrogen (secondary N) is 1. The number of benzene rings is 1. The lowest BCUT2D eigenvalue weighted by Gasteiger charge is -2.35. The van der Waals surface area contributed by atoms with Gasteiger partial charge in [-0.1, -0.05) is 17.7 Å². The molecule has 7 nitrogen and oxygen atoms in total. The molecule has 0 spiro atoms. The van der Waals surface area contributed by atoms with E-state index >= 15 is 0 Å². The first-order valence-electron chi connectivity index (χ1n) is 9.40. The quantitative estimate of drug-likeness (QED) is 0.880. The Morgan fingerprint density at radius 2 is 1.93 bits per heavy atom. The van der Waals surface area contributed by atoms with Crippen molar-refractivity contribution >= 4 is 23.5 Å². The number of likely N-dealkylation sites (N-methyl/N-ethyl adjacent to an activating group) is 1. The second-order valence-corrected chi connectivity index (χ2v) is 7.84. The van der Waals surface area contributed by atoms with Crippen LogP contribution in [-0.4, -0.2) is 72.3 Å².